The summed E-state index contributed by atoms with van der Waals surface area (Å²) in [6.45, 7) is 0. The Morgan fingerprint density at radius 3 is 2.71 bits per heavy atom. The second-order valence-corrected chi connectivity index (χ2v) is 5.99. The molecule has 0 bridgehead atoms. The van der Waals surface area contributed by atoms with Crippen LogP contribution in [0.1, 0.15) is 16.1 Å². The lowest BCUT2D eigenvalue weighted by Gasteiger charge is -2.01. The van der Waals surface area contributed by atoms with Gasteiger partial charge in [-0.3, -0.25) is 4.79 Å². The number of sulfonamides is 1. The zero-order valence-electron chi connectivity index (χ0n) is 10.8. The lowest BCUT2D eigenvalue weighted by Crippen LogP contribution is -2.18. The maximum absolute atomic E-state index is 11.9. The topological polar surface area (TPSA) is 91.4 Å². The molecule has 0 atom stereocenters. The number of halogens is 1. The van der Waals surface area contributed by atoms with Gasteiger partial charge in [0.2, 0.25) is 0 Å². The van der Waals surface area contributed by atoms with Gasteiger partial charge in [-0.1, -0.05) is 18.2 Å². The van der Waals surface area contributed by atoms with Crippen LogP contribution in [0.2, 0.25) is 0 Å². The van der Waals surface area contributed by atoms with Crippen molar-refractivity contribution in [2.45, 2.75) is 4.90 Å². The zero-order valence-corrected chi connectivity index (χ0v) is 12.4. The fourth-order valence-corrected chi connectivity index (χ4v) is 2.51. The van der Waals surface area contributed by atoms with E-state index < -0.39 is 10.0 Å². The van der Waals surface area contributed by atoms with Crippen LogP contribution in [0.25, 0.3) is 0 Å². The highest BCUT2D eigenvalue weighted by Crippen LogP contribution is 2.07. The number of Topliss-reactive ketones (excluding diaryl/α,β-unsaturated/α-hetero) is 1. The first kappa shape index (κ1) is 15.3. The number of aromatic amines is 1. The molecule has 2 rings (SSSR count). The molecule has 0 saturated carbocycles. The quantitative estimate of drug-likeness (QED) is 0.367. The number of carbonyl (C=O) groups excluding carboxylic acids is 1. The second kappa shape index (κ2) is 6.55. The third-order valence-electron chi connectivity index (χ3n) is 2.58. The van der Waals surface area contributed by atoms with E-state index in [1.54, 1.807) is 18.2 Å². The summed E-state index contributed by atoms with van der Waals surface area (Å²) in [6.07, 6.45) is 2.75. The molecule has 1 aromatic heterocycles. The van der Waals surface area contributed by atoms with Crippen molar-refractivity contribution in [3.05, 3.63) is 53.9 Å². The molecule has 6 nitrogen and oxygen atoms in total. The lowest BCUT2D eigenvalue weighted by atomic mass is 10.2. The van der Waals surface area contributed by atoms with Crippen LogP contribution in [0, 0.1) is 0 Å². The highest BCUT2D eigenvalue weighted by atomic mass is 35.5. The Morgan fingerprint density at radius 1 is 1.33 bits per heavy atom. The number of alkyl halides is 1. The molecule has 0 unspecified atom stereocenters. The Labute approximate surface area is 126 Å². The number of rotatable bonds is 6. The van der Waals surface area contributed by atoms with Crippen LogP contribution in [0.3, 0.4) is 0 Å². The van der Waals surface area contributed by atoms with Gasteiger partial charge in [0, 0.05) is 11.8 Å². The van der Waals surface area contributed by atoms with Crippen molar-refractivity contribution in [3.8, 4) is 0 Å². The molecule has 21 heavy (non-hydrogen) atoms. The molecule has 0 aliphatic carbocycles. The summed E-state index contributed by atoms with van der Waals surface area (Å²) in [7, 11) is -3.69. The number of aromatic nitrogens is 1. The Morgan fingerprint density at radius 2 is 2.05 bits per heavy atom. The number of H-pyrrole nitrogens is 1. The average Bonchev–Trinajstić information content (AvgIpc) is 2.96. The van der Waals surface area contributed by atoms with Crippen LogP contribution in [0.5, 0.6) is 0 Å². The van der Waals surface area contributed by atoms with Gasteiger partial charge in [0.05, 0.1) is 22.7 Å². The molecule has 0 spiro atoms. The second-order valence-electron chi connectivity index (χ2n) is 4.07. The van der Waals surface area contributed by atoms with E-state index >= 15 is 0 Å². The Bertz CT molecular complexity index is 754. The maximum atomic E-state index is 11.9. The maximum Gasteiger partial charge on any atom is 0.276 e. The summed E-state index contributed by atoms with van der Waals surface area (Å²) in [6, 6.07) is 9.41. The molecular formula is C13H12ClN3O3S. The number of hydrazone groups is 1. The van der Waals surface area contributed by atoms with Crippen molar-refractivity contribution in [2.24, 2.45) is 5.10 Å². The van der Waals surface area contributed by atoms with Crippen LogP contribution in [0.4, 0.5) is 0 Å². The zero-order chi connectivity index (χ0) is 15.3. The third kappa shape index (κ3) is 3.93. The molecule has 0 fully saturated rings. The van der Waals surface area contributed by atoms with Crippen molar-refractivity contribution >= 4 is 33.6 Å². The Hall–Kier alpha value is -2.12. The van der Waals surface area contributed by atoms with Gasteiger partial charge in [-0.25, -0.2) is 4.83 Å². The average molecular weight is 326 g/mol. The minimum absolute atomic E-state index is 0.116. The van der Waals surface area contributed by atoms with Crippen molar-refractivity contribution in [1.29, 1.82) is 0 Å². The van der Waals surface area contributed by atoms with Crippen LogP contribution >= 0.6 is 11.6 Å². The van der Waals surface area contributed by atoms with Crippen LogP contribution in [0.15, 0.2) is 52.6 Å². The molecular weight excluding hydrogens is 314 g/mol. The third-order valence-corrected chi connectivity index (χ3v) is 4.06. The van der Waals surface area contributed by atoms with E-state index in [1.165, 1.54) is 30.6 Å². The fraction of sp³-hybridized carbons (Fsp3) is 0.0769. The van der Waals surface area contributed by atoms with Gasteiger partial charge >= 0.3 is 0 Å². The van der Waals surface area contributed by atoms with E-state index in [4.69, 9.17) is 11.6 Å². The predicted molar refractivity (Wildman–Crippen MR) is 80.2 cm³/mol. The normalized spacial score (nSPS) is 11.7. The van der Waals surface area contributed by atoms with Crippen LogP contribution in [-0.4, -0.2) is 31.3 Å². The van der Waals surface area contributed by atoms with Gasteiger partial charge in [-0.05, 0) is 18.2 Å². The van der Waals surface area contributed by atoms with Crippen LogP contribution in [-0.2, 0) is 10.0 Å². The number of nitrogens with one attached hydrogen (secondary N) is 2. The van der Waals surface area contributed by atoms with Gasteiger partial charge < -0.3 is 4.98 Å². The molecule has 2 aromatic rings. The standard InChI is InChI=1S/C13H12ClN3O3S/c14-7-13(18)10-6-11(15-8-10)9-16-17-21(19,20)12-4-2-1-3-5-12/h1-6,8-9,15,17H,7H2/b16-9+. The van der Waals surface area contributed by atoms with E-state index in [2.05, 4.69) is 14.9 Å². The minimum atomic E-state index is -3.69. The molecule has 0 aliphatic heterocycles. The molecule has 2 N–H and O–H groups in total. The van der Waals surface area contributed by atoms with Gasteiger partial charge in [0.15, 0.2) is 5.78 Å². The van der Waals surface area contributed by atoms with E-state index in [0.717, 1.165) is 0 Å². The Balaban J connectivity index is 2.06. The molecule has 0 aliphatic rings. The highest BCUT2D eigenvalue weighted by molar-refractivity contribution is 7.89. The summed E-state index contributed by atoms with van der Waals surface area (Å²) < 4.78 is 23.8. The van der Waals surface area contributed by atoms with E-state index in [9.17, 15) is 13.2 Å². The van der Waals surface area contributed by atoms with Gasteiger partial charge in [-0.15, -0.1) is 11.6 Å². The van der Waals surface area contributed by atoms with E-state index in [0.29, 0.717) is 11.3 Å². The number of hydrogen-bond donors (Lipinski definition) is 2. The fourth-order valence-electron chi connectivity index (χ4n) is 1.54. The monoisotopic (exact) mass is 325 g/mol. The summed E-state index contributed by atoms with van der Waals surface area (Å²) in [5.74, 6) is -0.341. The van der Waals surface area contributed by atoms with Crippen molar-refractivity contribution < 1.29 is 13.2 Å². The molecule has 1 heterocycles. The Kier molecular flexibility index (Phi) is 4.77. The van der Waals surface area contributed by atoms with Gasteiger partial charge in [0.1, 0.15) is 0 Å². The smallest absolute Gasteiger partial charge is 0.276 e. The number of nitrogens with zero attached hydrogens (tertiary/aromatic N) is 1. The summed E-state index contributed by atoms with van der Waals surface area (Å²) in [4.78, 5) is 16.3. The van der Waals surface area contributed by atoms with Crippen molar-refractivity contribution in [1.82, 2.24) is 9.82 Å². The first-order chi connectivity index (χ1) is 10.0. The predicted octanol–water partition coefficient (Wildman–Crippen LogP) is 1.75. The number of benzene rings is 1. The summed E-state index contributed by atoms with van der Waals surface area (Å²) >= 11 is 5.44. The SMILES string of the molecule is O=C(CCl)c1c[nH]c(/C=N/NS(=O)(=O)c2ccccc2)c1. The lowest BCUT2D eigenvalue weighted by molar-refractivity contribution is 0.102. The first-order valence-corrected chi connectivity index (χ1v) is 7.92. The summed E-state index contributed by atoms with van der Waals surface area (Å²) in [5, 5.41) is 3.65. The largest absolute Gasteiger partial charge is 0.360 e. The number of carbonyl (C=O) groups is 1. The van der Waals surface area contributed by atoms with E-state index in [1.807, 2.05) is 0 Å². The molecule has 1 aromatic carbocycles. The molecule has 0 radical (unpaired) electrons. The first-order valence-electron chi connectivity index (χ1n) is 5.90. The highest BCUT2D eigenvalue weighted by Gasteiger charge is 2.11. The van der Waals surface area contributed by atoms with Crippen molar-refractivity contribution in [2.75, 3.05) is 5.88 Å². The molecule has 110 valence electrons. The molecule has 8 heteroatoms. The summed E-state index contributed by atoms with van der Waals surface area (Å²) in [5.41, 5.74) is 0.900. The number of ketones is 1. The molecule has 0 saturated heterocycles. The van der Waals surface area contributed by atoms with E-state index in [-0.39, 0.29) is 16.6 Å². The van der Waals surface area contributed by atoms with Crippen LogP contribution < -0.4 is 4.83 Å². The number of hydrogen-bond acceptors (Lipinski definition) is 4. The minimum Gasteiger partial charge on any atom is -0.360 e. The molecule has 0 amide bonds. The van der Waals surface area contributed by atoms with Gasteiger partial charge in [-0.2, -0.15) is 13.5 Å². The van der Waals surface area contributed by atoms with Gasteiger partial charge in [0.25, 0.3) is 10.0 Å². The van der Waals surface area contributed by atoms with Crippen molar-refractivity contribution in [3.63, 3.8) is 0 Å².